The molecule has 0 fully saturated rings. The van der Waals surface area contributed by atoms with E-state index < -0.39 is 0 Å². The Kier molecular flexibility index (Phi) is 7.16. The number of nitrogens with zero attached hydrogens (tertiary/aromatic N) is 3. The van der Waals surface area contributed by atoms with Gasteiger partial charge in [-0.05, 0) is 55.5 Å². The Bertz CT molecular complexity index is 887. The van der Waals surface area contributed by atoms with Crippen molar-refractivity contribution in [2.75, 3.05) is 35.6 Å². The molecule has 3 aromatic rings. The Morgan fingerprint density at radius 3 is 2.31 bits per heavy atom. The molecule has 2 heterocycles. The second-order valence-corrected chi connectivity index (χ2v) is 5.93. The van der Waals surface area contributed by atoms with Crippen LogP contribution in [0.25, 0.3) is 0 Å². The SMILES string of the molecule is CCOc1ccc(NC(=O)NCCNc2ccc(Nc3ccncc3)nn2)cc1. The summed E-state index contributed by atoms with van der Waals surface area (Å²) in [6.07, 6.45) is 3.40. The molecule has 1 aromatic carbocycles. The molecule has 0 radical (unpaired) electrons. The number of ether oxygens (including phenoxy) is 1. The van der Waals surface area contributed by atoms with Gasteiger partial charge in [0.05, 0.1) is 6.61 Å². The molecule has 0 unspecified atom stereocenters. The lowest BCUT2D eigenvalue weighted by molar-refractivity contribution is 0.252. The van der Waals surface area contributed by atoms with Gasteiger partial charge in [0.1, 0.15) is 11.6 Å². The first kappa shape index (κ1) is 19.9. The third-order valence-electron chi connectivity index (χ3n) is 3.76. The zero-order valence-corrected chi connectivity index (χ0v) is 16.1. The first-order valence-corrected chi connectivity index (χ1v) is 9.25. The van der Waals surface area contributed by atoms with Crippen LogP contribution in [0.4, 0.5) is 27.8 Å². The van der Waals surface area contributed by atoms with Gasteiger partial charge < -0.3 is 26.0 Å². The van der Waals surface area contributed by atoms with Crippen LogP contribution in [0.15, 0.2) is 60.9 Å². The molecule has 9 heteroatoms. The summed E-state index contributed by atoms with van der Waals surface area (Å²) in [7, 11) is 0. The van der Waals surface area contributed by atoms with Crippen molar-refractivity contribution < 1.29 is 9.53 Å². The summed E-state index contributed by atoms with van der Waals surface area (Å²) >= 11 is 0. The smallest absolute Gasteiger partial charge is 0.319 e. The van der Waals surface area contributed by atoms with E-state index in [0.29, 0.717) is 37.0 Å². The number of amides is 2. The van der Waals surface area contributed by atoms with Gasteiger partial charge in [-0.1, -0.05) is 0 Å². The van der Waals surface area contributed by atoms with Crippen LogP contribution in [0.1, 0.15) is 6.92 Å². The molecule has 2 aromatic heterocycles. The van der Waals surface area contributed by atoms with Crippen LogP contribution in [0, 0.1) is 0 Å². The van der Waals surface area contributed by atoms with Crippen LogP contribution in [-0.2, 0) is 0 Å². The van der Waals surface area contributed by atoms with E-state index in [1.54, 1.807) is 24.5 Å². The molecule has 0 spiro atoms. The van der Waals surface area contributed by atoms with Gasteiger partial charge in [-0.2, -0.15) is 0 Å². The molecule has 0 atom stereocenters. The van der Waals surface area contributed by atoms with Crippen molar-refractivity contribution in [2.24, 2.45) is 0 Å². The monoisotopic (exact) mass is 393 g/mol. The third kappa shape index (κ3) is 6.65. The molecule has 29 heavy (non-hydrogen) atoms. The van der Waals surface area contributed by atoms with E-state index in [2.05, 4.69) is 36.4 Å². The Labute approximate surface area is 168 Å². The van der Waals surface area contributed by atoms with Crippen molar-refractivity contribution in [1.82, 2.24) is 20.5 Å². The number of aromatic nitrogens is 3. The quantitative estimate of drug-likeness (QED) is 0.413. The van der Waals surface area contributed by atoms with Crippen molar-refractivity contribution in [2.45, 2.75) is 6.92 Å². The van der Waals surface area contributed by atoms with Crippen LogP contribution in [0.3, 0.4) is 0 Å². The van der Waals surface area contributed by atoms with Crippen molar-refractivity contribution in [3.8, 4) is 5.75 Å². The van der Waals surface area contributed by atoms with Crippen LogP contribution >= 0.6 is 0 Å². The van der Waals surface area contributed by atoms with Crippen LogP contribution in [0.5, 0.6) is 5.75 Å². The number of urea groups is 1. The van der Waals surface area contributed by atoms with Gasteiger partial charge >= 0.3 is 6.03 Å². The molecule has 150 valence electrons. The molecule has 4 N–H and O–H groups in total. The Morgan fingerprint density at radius 1 is 0.897 bits per heavy atom. The number of carbonyl (C=O) groups is 1. The zero-order chi connectivity index (χ0) is 20.3. The molecule has 0 saturated heterocycles. The fourth-order valence-corrected chi connectivity index (χ4v) is 2.42. The summed E-state index contributed by atoms with van der Waals surface area (Å²) in [5.74, 6) is 2.03. The second kappa shape index (κ2) is 10.5. The first-order chi connectivity index (χ1) is 14.2. The Balaban J connectivity index is 1.36. The highest BCUT2D eigenvalue weighted by Crippen LogP contribution is 2.15. The average molecular weight is 393 g/mol. The normalized spacial score (nSPS) is 10.1. The fourth-order valence-electron chi connectivity index (χ4n) is 2.42. The van der Waals surface area contributed by atoms with Crippen LogP contribution in [-0.4, -0.2) is 40.9 Å². The average Bonchev–Trinajstić information content (AvgIpc) is 2.75. The van der Waals surface area contributed by atoms with Crippen molar-refractivity contribution in [1.29, 1.82) is 0 Å². The van der Waals surface area contributed by atoms with E-state index in [9.17, 15) is 4.79 Å². The zero-order valence-electron chi connectivity index (χ0n) is 16.1. The van der Waals surface area contributed by atoms with E-state index in [4.69, 9.17) is 4.74 Å². The summed E-state index contributed by atoms with van der Waals surface area (Å²) in [5, 5.41) is 20.0. The number of anilines is 4. The number of rotatable bonds is 9. The third-order valence-corrected chi connectivity index (χ3v) is 3.76. The summed E-state index contributed by atoms with van der Waals surface area (Å²) in [6.45, 7) is 3.48. The molecule has 0 aliphatic heterocycles. The number of benzene rings is 1. The predicted octanol–water partition coefficient (Wildman–Crippen LogP) is 3.25. The maximum absolute atomic E-state index is 11.9. The van der Waals surface area contributed by atoms with E-state index in [1.807, 2.05) is 43.3 Å². The predicted molar refractivity (Wildman–Crippen MR) is 113 cm³/mol. The minimum absolute atomic E-state index is 0.279. The summed E-state index contributed by atoms with van der Waals surface area (Å²) in [4.78, 5) is 15.9. The molecular weight excluding hydrogens is 370 g/mol. The lowest BCUT2D eigenvalue weighted by Crippen LogP contribution is -2.32. The Hall–Kier alpha value is -3.88. The van der Waals surface area contributed by atoms with Crippen molar-refractivity contribution >= 4 is 29.0 Å². The number of pyridine rings is 1. The van der Waals surface area contributed by atoms with E-state index in [0.717, 1.165) is 11.4 Å². The second-order valence-electron chi connectivity index (χ2n) is 5.93. The highest BCUT2D eigenvalue weighted by Gasteiger charge is 2.02. The maximum atomic E-state index is 11.9. The first-order valence-electron chi connectivity index (χ1n) is 9.25. The number of hydrogen-bond donors (Lipinski definition) is 4. The molecular formula is C20H23N7O2. The van der Waals surface area contributed by atoms with Gasteiger partial charge in [0.15, 0.2) is 5.82 Å². The van der Waals surface area contributed by atoms with Crippen LogP contribution in [0.2, 0.25) is 0 Å². The number of hydrogen-bond acceptors (Lipinski definition) is 7. The summed E-state index contributed by atoms with van der Waals surface area (Å²) in [5.41, 5.74) is 1.58. The van der Waals surface area contributed by atoms with Gasteiger partial charge in [-0.3, -0.25) is 4.98 Å². The molecule has 9 nitrogen and oxygen atoms in total. The van der Waals surface area contributed by atoms with Gasteiger partial charge in [0, 0.05) is 36.9 Å². The van der Waals surface area contributed by atoms with E-state index in [1.165, 1.54) is 0 Å². The molecule has 0 aliphatic carbocycles. The number of carbonyl (C=O) groups excluding carboxylic acids is 1. The Morgan fingerprint density at radius 2 is 1.62 bits per heavy atom. The fraction of sp³-hybridized carbons (Fsp3) is 0.200. The topological polar surface area (TPSA) is 113 Å². The highest BCUT2D eigenvalue weighted by molar-refractivity contribution is 5.89. The van der Waals surface area contributed by atoms with Crippen molar-refractivity contribution in [3.05, 3.63) is 60.9 Å². The van der Waals surface area contributed by atoms with Crippen LogP contribution < -0.4 is 26.0 Å². The van der Waals surface area contributed by atoms with Gasteiger partial charge in [-0.15, -0.1) is 10.2 Å². The molecule has 0 aliphatic rings. The molecule has 0 bridgehead atoms. The van der Waals surface area contributed by atoms with Gasteiger partial charge in [-0.25, -0.2) is 4.79 Å². The molecule has 2 amide bonds. The van der Waals surface area contributed by atoms with Gasteiger partial charge in [0.2, 0.25) is 0 Å². The van der Waals surface area contributed by atoms with E-state index >= 15 is 0 Å². The molecule has 0 saturated carbocycles. The highest BCUT2D eigenvalue weighted by atomic mass is 16.5. The lowest BCUT2D eigenvalue weighted by Gasteiger charge is -2.10. The minimum atomic E-state index is -0.279. The molecule has 3 rings (SSSR count). The summed E-state index contributed by atoms with van der Waals surface area (Å²) in [6, 6.07) is 14.3. The minimum Gasteiger partial charge on any atom is -0.494 e. The van der Waals surface area contributed by atoms with Gasteiger partial charge in [0.25, 0.3) is 0 Å². The maximum Gasteiger partial charge on any atom is 0.319 e. The van der Waals surface area contributed by atoms with Crippen molar-refractivity contribution in [3.63, 3.8) is 0 Å². The largest absolute Gasteiger partial charge is 0.494 e. The number of nitrogens with one attached hydrogen (secondary N) is 4. The summed E-state index contributed by atoms with van der Waals surface area (Å²) < 4.78 is 5.37. The van der Waals surface area contributed by atoms with E-state index in [-0.39, 0.29) is 6.03 Å². The lowest BCUT2D eigenvalue weighted by atomic mass is 10.3. The standard InChI is InChI=1S/C20H23N7O2/c1-2-29-17-5-3-15(4-6-17)25-20(28)23-14-13-22-18-7-8-19(27-26-18)24-16-9-11-21-12-10-16/h3-12H,2,13-14H2,1H3,(H,22,26)(H,21,24,27)(H2,23,25,28).